The van der Waals surface area contributed by atoms with Crippen LogP contribution in [0, 0.1) is 3.57 Å². The van der Waals surface area contributed by atoms with Gasteiger partial charge in [0, 0.05) is 8.59 Å². The molecular formula is C16H13Cl2IN2O3. The smallest absolute Gasteiger partial charge is 0.279 e. The Balaban J connectivity index is 1.92. The van der Waals surface area contributed by atoms with Gasteiger partial charge in [-0.3, -0.25) is 20.4 Å². The SMILES string of the molecule is CC(Oc1ccc(Cl)cc1Cl)C(=O)NNC(=O)c1ccccc1I. The van der Waals surface area contributed by atoms with Crippen LogP contribution >= 0.6 is 45.8 Å². The number of carbonyl (C=O) groups is 2. The highest BCUT2D eigenvalue weighted by molar-refractivity contribution is 14.1. The normalized spacial score (nSPS) is 11.5. The lowest BCUT2D eigenvalue weighted by Gasteiger charge is -2.16. The maximum absolute atomic E-state index is 12.0. The van der Waals surface area contributed by atoms with Gasteiger partial charge in [-0.15, -0.1) is 0 Å². The van der Waals surface area contributed by atoms with Gasteiger partial charge in [-0.1, -0.05) is 35.3 Å². The maximum Gasteiger partial charge on any atom is 0.279 e. The lowest BCUT2D eigenvalue weighted by molar-refractivity contribution is -0.128. The summed E-state index contributed by atoms with van der Waals surface area (Å²) in [7, 11) is 0. The molecule has 24 heavy (non-hydrogen) atoms. The van der Waals surface area contributed by atoms with Gasteiger partial charge in [-0.05, 0) is 59.8 Å². The highest BCUT2D eigenvalue weighted by Crippen LogP contribution is 2.28. The van der Waals surface area contributed by atoms with Crippen LogP contribution in [0.3, 0.4) is 0 Å². The largest absolute Gasteiger partial charge is 0.479 e. The number of halogens is 3. The molecule has 0 aliphatic rings. The number of ether oxygens (including phenoxy) is 1. The monoisotopic (exact) mass is 478 g/mol. The summed E-state index contributed by atoms with van der Waals surface area (Å²) in [6, 6.07) is 11.7. The molecule has 8 heteroatoms. The Hall–Kier alpha value is -1.51. The molecule has 0 aliphatic heterocycles. The molecule has 0 radical (unpaired) electrons. The van der Waals surface area contributed by atoms with Crippen LogP contribution in [0.5, 0.6) is 5.75 Å². The first kappa shape index (κ1) is 18.8. The number of carbonyl (C=O) groups excluding carboxylic acids is 2. The second-order valence-electron chi connectivity index (χ2n) is 4.76. The first-order valence-corrected chi connectivity index (χ1v) is 8.68. The van der Waals surface area contributed by atoms with Crippen molar-refractivity contribution in [2.75, 3.05) is 0 Å². The number of benzene rings is 2. The molecule has 0 aromatic heterocycles. The Morgan fingerprint density at radius 1 is 1.12 bits per heavy atom. The second-order valence-corrected chi connectivity index (χ2v) is 6.76. The van der Waals surface area contributed by atoms with Crippen molar-refractivity contribution in [3.63, 3.8) is 0 Å². The lowest BCUT2D eigenvalue weighted by atomic mass is 10.2. The van der Waals surface area contributed by atoms with E-state index in [1.165, 1.54) is 6.07 Å². The molecular weight excluding hydrogens is 466 g/mol. The minimum atomic E-state index is -0.862. The minimum Gasteiger partial charge on any atom is -0.479 e. The topological polar surface area (TPSA) is 67.4 Å². The molecule has 1 unspecified atom stereocenters. The molecule has 0 aliphatic carbocycles. The molecule has 2 aromatic carbocycles. The minimum absolute atomic E-state index is 0.296. The van der Waals surface area contributed by atoms with Crippen LogP contribution in [0.4, 0.5) is 0 Å². The zero-order valence-corrected chi connectivity index (χ0v) is 16.1. The van der Waals surface area contributed by atoms with Crippen molar-refractivity contribution < 1.29 is 14.3 Å². The highest BCUT2D eigenvalue weighted by Gasteiger charge is 2.18. The second kappa shape index (κ2) is 8.55. The van der Waals surface area contributed by atoms with E-state index in [0.717, 1.165) is 3.57 Å². The number of nitrogens with one attached hydrogen (secondary N) is 2. The summed E-state index contributed by atoms with van der Waals surface area (Å²) in [4.78, 5) is 24.1. The van der Waals surface area contributed by atoms with Crippen LogP contribution < -0.4 is 15.6 Å². The summed E-state index contributed by atoms with van der Waals surface area (Å²) in [6.45, 7) is 1.54. The summed E-state index contributed by atoms with van der Waals surface area (Å²) in [5, 5.41) is 0.763. The van der Waals surface area contributed by atoms with E-state index in [-0.39, 0.29) is 0 Å². The third-order valence-electron chi connectivity index (χ3n) is 2.98. The summed E-state index contributed by atoms with van der Waals surface area (Å²) in [5.41, 5.74) is 5.14. The van der Waals surface area contributed by atoms with Gasteiger partial charge in [0.25, 0.3) is 11.8 Å². The third kappa shape index (κ3) is 4.99. The van der Waals surface area contributed by atoms with Crippen LogP contribution in [0.25, 0.3) is 0 Å². The van der Waals surface area contributed by atoms with Gasteiger partial charge in [0.1, 0.15) is 5.75 Å². The Morgan fingerprint density at radius 3 is 2.50 bits per heavy atom. The zero-order valence-electron chi connectivity index (χ0n) is 12.5. The first-order valence-electron chi connectivity index (χ1n) is 6.85. The van der Waals surface area contributed by atoms with E-state index < -0.39 is 17.9 Å². The van der Waals surface area contributed by atoms with Crippen molar-refractivity contribution in [2.45, 2.75) is 13.0 Å². The molecule has 0 fully saturated rings. The van der Waals surface area contributed by atoms with Crippen molar-refractivity contribution in [3.8, 4) is 5.75 Å². The van der Waals surface area contributed by atoms with Crippen molar-refractivity contribution in [1.29, 1.82) is 0 Å². The fraction of sp³-hybridized carbons (Fsp3) is 0.125. The molecule has 5 nitrogen and oxygen atoms in total. The predicted molar refractivity (Wildman–Crippen MR) is 101 cm³/mol. The quantitative estimate of drug-likeness (QED) is 0.518. The summed E-state index contributed by atoms with van der Waals surface area (Å²) >= 11 is 13.8. The van der Waals surface area contributed by atoms with Crippen LogP contribution in [0.15, 0.2) is 42.5 Å². The lowest BCUT2D eigenvalue weighted by Crippen LogP contribution is -2.47. The van der Waals surface area contributed by atoms with Crippen molar-refractivity contribution in [2.24, 2.45) is 0 Å². The Bertz CT molecular complexity index is 771. The average molecular weight is 479 g/mol. The molecule has 0 spiro atoms. The predicted octanol–water partition coefficient (Wildman–Crippen LogP) is 3.83. The number of rotatable bonds is 4. The average Bonchev–Trinajstić information content (AvgIpc) is 2.55. The van der Waals surface area contributed by atoms with E-state index in [9.17, 15) is 9.59 Å². The third-order valence-corrected chi connectivity index (χ3v) is 4.46. The molecule has 2 N–H and O–H groups in total. The molecule has 1 atom stereocenters. The molecule has 126 valence electrons. The number of amides is 2. The molecule has 0 saturated carbocycles. The molecule has 0 bridgehead atoms. The Labute approximate surface area is 162 Å². The number of hydrogen-bond acceptors (Lipinski definition) is 3. The van der Waals surface area contributed by atoms with Crippen LogP contribution in [-0.4, -0.2) is 17.9 Å². The molecule has 0 heterocycles. The van der Waals surface area contributed by atoms with Crippen LogP contribution in [0.1, 0.15) is 17.3 Å². The first-order chi connectivity index (χ1) is 11.4. The van der Waals surface area contributed by atoms with Crippen LogP contribution in [-0.2, 0) is 4.79 Å². The fourth-order valence-corrected chi connectivity index (χ4v) is 2.83. The number of hydrazine groups is 1. The van der Waals surface area contributed by atoms with Gasteiger partial charge in [0.2, 0.25) is 0 Å². The van der Waals surface area contributed by atoms with E-state index in [1.54, 1.807) is 37.3 Å². The van der Waals surface area contributed by atoms with Gasteiger partial charge in [0.05, 0.1) is 10.6 Å². The van der Waals surface area contributed by atoms with E-state index >= 15 is 0 Å². The van der Waals surface area contributed by atoms with Crippen molar-refractivity contribution >= 4 is 57.6 Å². The molecule has 2 rings (SSSR count). The van der Waals surface area contributed by atoms with E-state index in [2.05, 4.69) is 10.9 Å². The Kier molecular flexibility index (Phi) is 6.70. The van der Waals surface area contributed by atoms with Gasteiger partial charge >= 0.3 is 0 Å². The molecule has 2 amide bonds. The maximum atomic E-state index is 12.0. The fourth-order valence-electron chi connectivity index (χ4n) is 1.75. The number of hydrogen-bond donors (Lipinski definition) is 2. The van der Waals surface area contributed by atoms with E-state index in [1.807, 2.05) is 28.7 Å². The summed E-state index contributed by atoms with van der Waals surface area (Å²) < 4.78 is 6.25. The van der Waals surface area contributed by atoms with Gasteiger partial charge < -0.3 is 4.74 Å². The van der Waals surface area contributed by atoms with Gasteiger partial charge in [-0.25, -0.2) is 0 Å². The van der Waals surface area contributed by atoms with E-state index in [4.69, 9.17) is 27.9 Å². The molecule has 2 aromatic rings. The zero-order chi connectivity index (χ0) is 17.7. The standard InChI is InChI=1S/C16H13Cl2IN2O3/c1-9(24-14-7-6-10(17)8-12(14)18)15(22)20-21-16(23)11-4-2-3-5-13(11)19/h2-9H,1H3,(H,20,22)(H,21,23). The van der Waals surface area contributed by atoms with Gasteiger partial charge in [-0.2, -0.15) is 0 Å². The van der Waals surface area contributed by atoms with E-state index in [0.29, 0.717) is 21.4 Å². The summed E-state index contributed by atoms with van der Waals surface area (Å²) in [5.74, 6) is -0.599. The van der Waals surface area contributed by atoms with Crippen molar-refractivity contribution in [1.82, 2.24) is 10.9 Å². The highest BCUT2D eigenvalue weighted by atomic mass is 127. The Morgan fingerprint density at radius 2 is 1.83 bits per heavy atom. The molecule has 0 saturated heterocycles. The van der Waals surface area contributed by atoms with Gasteiger partial charge in [0.15, 0.2) is 6.10 Å². The van der Waals surface area contributed by atoms with Crippen LogP contribution in [0.2, 0.25) is 10.0 Å². The summed E-state index contributed by atoms with van der Waals surface area (Å²) in [6.07, 6.45) is -0.862. The van der Waals surface area contributed by atoms with Crippen molar-refractivity contribution in [3.05, 3.63) is 61.6 Å².